The Labute approximate surface area is 118 Å². The molecule has 0 bridgehead atoms. The number of hydrogen-bond donors (Lipinski definition) is 0. The summed E-state index contributed by atoms with van der Waals surface area (Å²) in [5.41, 5.74) is 3.31. The van der Waals surface area contributed by atoms with Crippen LogP contribution in [0.25, 0.3) is 0 Å². The van der Waals surface area contributed by atoms with Crippen LogP contribution in [-0.4, -0.2) is 18.0 Å². The number of allylic oxidation sites excluding steroid dienone is 2. The molecule has 19 heavy (non-hydrogen) atoms. The largest absolute Gasteiger partial charge is 0.298 e. The minimum Gasteiger partial charge on any atom is -0.298 e. The van der Waals surface area contributed by atoms with Crippen LogP contribution in [0.1, 0.15) is 39.7 Å². The van der Waals surface area contributed by atoms with Gasteiger partial charge in [0.2, 0.25) is 0 Å². The second kappa shape index (κ2) is 5.92. The normalized spacial score (nSPS) is 27.5. The molecular weight excluding hydrogens is 230 g/mol. The van der Waals surface area contributed by atoms with Crippen molar-refractivity contribution in [3.63, 3.8) is 0 Å². The summed E-state index contributed by atoms with van der Waals surface area (Å²) in [5, 5.41) is 0. The molecule has 0 amide bonds. The molecule has 2 rings (SSSR count). The lowest BCUT2D eigenvalue weighted by Gasteiger charge is -2.27. The van der Waals surface area contributed by atoms with Crippen LogP contribution < -0.4 is 0 Å². The standard InChI is InChI=1S/C18H27N/c1-15(2)10-11-18(4)14-19(12-16(18)3)13-17-8-6-5-7-9-17/h5-10,16H,11-14H2,1-4H3/t16-,18+/m1/s1. The van der Waals surface area contributed by atoms with Gasteiger partial charge in [0, 0.05) is 19.6 Å². The summed E-state index contributed by atoms with van der Waals surface area (Å²) in [6, 6.07) is 10.8. The van der Waals surface area contributed by atoms with Crippen LogP contribution in [0.15, 0.2) is 42.0 Å². The van der Waals surface area contributed by atoms with Crippen LogP contribution >= 0.6 is 0 Å². The van der Waals surface area contributed by atoms with Crippen molar-refractivity contribution in [3.8, 4) is 0 Å². The molecule has 0 radical (unpaired) electrons. The summed E-state index contributed by atoms with van der Waals surface area (Å²) in [6.07, 6.45) is 3.62. The monoisotopic (exact) mass is 257 g/mol. The summed E-state index contributed by atoms with van der Waals surface area (Å²) >= 11 is 0. The van der Waals surface area contributed by atoms with Crippen LogP contribution in [0, 0.1) is 11.3 Å². The SMILES string of the molecule is CC(C)=CC[C@@]1(C)CN(Cc2ccccc2)C[C@H]1C. The Hall–Kier alpha value is -1.08. The average molecular weight is 257 g/mol. The Morgan fingerprint density at radius 1 is 1.32 bits per heavy atom. The van der Waals surface area contributed by atoms with Gasteiger partial charge in [-0.3, -0.25) is 4.90 Å². The molecule has 1 heterocycles. The molecule has 0 saturated carbocycles. The lowest BCUT2D eigenvalue weighted by atomic mass is 9.78. The summed E-state index contributed by atoms with van der Waals surface area (Å²) in [7, 11) is 0. The lowest BCUT2D eigenvalue weighted by Crippen LogP contribution is -2.25. The zero-order valence-corrected chi connectivity index (χ0v) is 12.8. The fourth-order valence-electron chi connectivity index (χ4n) is 3.00. The fourth-order valence-corrected chi connectivity index (χ4v) is 3.00. The Morgan fingerprint density at radius 2 is 2.00 bits per heavy atom. The van der Waals surface area contributed by atoms with Gasteiger partial charge in [0.1, 0.15) is 0 Å². The number of rotatable bonds is 4. The summed E-state index contributed by atoms with van der Waals surface area (Å²) in [4.78, 5) is 2.61. The van der Waals surface area contributed by atoms with Crippen LogP contribution in [-0.2, 0) is 6.54 Å². The van der Waals surface area contributed by atoms with Crippen LogP contribution in [0.5, 0.6) is 0 Å². The molecule has 1 aliphatic rings. The van der Waals surface area contributed by atoms with Crippen LogP contribution in [0.3, 0.4) is 0 Å². The third-order valence-corrected chi connectivity index (χ3v) is 4.53. The predicted molar refractivity (Wildman–Crippen MR) is 83.0 cm³/mol. The van der Waals surface area contributed by atoms with Gasteiger partial charge in [0.25, 0.3) is 0 Å². The van der Waals surface area contributed by atoms with Gasteiger partial charge in [-0.2, -0.15) is 0 Å². The maximum absolute atomic E-state index is 2.61. The highest BCUT2D eigenvalue weighted by atomic mass is 15.2. The zero-order chi connectivity index (χ0) is 13.9. The third-order valence-electron chi connectivity index (χ3n) is 4.53. The molecule has 1 aromatic carbocycles. The minimum atomic E-state index is 0.437. The van der Waals surface area contributed by atoms with E-state index in [9.17, 15) is 0 Å². The first kappa shape index (κ1) is 14.3. The first-order valence-corrected chi connectivity index (χ1v) is 7.39. The first-order valence-electron chi connectivity index (χ1n) is 7.39. The molecular formula is C18H27N. The Balaban J connectivity index is 1.99. The number of likely N-dealkylation sites (tertiary alicyclic amines) is 1. The van der Waals surface area contributed by atoms with Gasteiger partial charge in [-0.25, -0.2) is 0 Å². The van der Waals surface area contributed by atoms with Gasteiger partial charge in [-0.1, -0.05) is 55.8 Å². The molecule has 0 unspecified atom stereocenters. The third kappa shape index (κ3) is 3.70. The van der Waals surface area contributed by atoms with Crippen molar-refractivity contribution in [2.24, 2.45) is 11.3 Å². The second-order valence-electron chi connectivity index (χ2n) is 6.70. The molecule has 1 fully saturated rings. The smallest absolute Gasteiger partial charge is 0.0234 e. The molecule has 0 spiro atoms. The highest BCUT2D eigenvalue weighted by Gasteiger charge is 2.39. The molecule has 1 nitrogen and oxygen atoms in total. The Kier molecular flexibility index (Phi) is 4.46. The van der Waals surface area contributed by atoms with E-state index in [0.717, 1.165) is 12.5 Å². The van der Waals surface area contributed by atoms with E-state index in [4.69, 9.17) is 0 Å². The quantitative estimate of drug-likeness (QED) is 0.718. The van der Waals surface area contributed by atoms with Gasteiger partial charge in [-0.05, 0) is 37.2 Å². The van der Waals surface area contributed by atoms with Crippen LogP contribution in [0.4, 0.5) is 0 Å². The molecule has 1 aromatic rings. The Bertz CT molecular complexity index is 430. The number of nitrogens with zero attached hydrogens (tertiary/aromatic N) is 1. The number of benzene rings is 1. The van der Waals surface area contributed by atoms with E-state index in [0.29, 0.717) is 5.41 Å². The van der Waals surface area contributed by atoms with Gasteiger partial charge >= 0.3 is 0 Å². The molecule has 1 aliphatic heterocycles. The maximum Gasteiger partial charge on any atom is 0.0234 e. The highest BCUT2D eigenvalue weighted by Crippen LogP contribution is 2.39. The van der Waals surface area contributed by atoms with Crippen molar-refractivity contribution in [3.05, 3.63) is 47.5 Å². The second-order valence-corrected chi connectivity index (χ2v) is 6.70. The zero-order valence-electron chi connectivity index (χ0n) is 12.8. The highest BCUT2D eigenvalue weighted by molar-refractivity contribution is 5.15. The van der Waals surface area contributed by atoms with Crippen molar-refractivity contribution in [1.82, 2.24) is 4.90 Å². The topological polar surface area (TPSA) is 3.24 Å². The van der Waals surface area contributed by atoms with Gasteiger partial charge in [0.15, 0.2) is 0 Å². The molecule has 1 saturated heterocycles. The van der Waals surface area contributed by atoms with Crippen LogP contribution in [0.2, 0.25) is 0 Å². The van der Waals surface area contributed by atoms with E-state index in [1.807, 2.05) is 0 Å². The lowest BCUT2D eigenvalue weighted by molar-refractivity contribution is 0.251. The molecule has 0 N–H and O–H groups in total. The van der Waals surface area contributed by atoms with E-state index in [-0.39, 0.29) is 0 Å². The summed E-state index contributed by atoms with van der Waals surface area (Å²) in [6.45, 7) is 12.8. The summed E-state index contributed by atoms with van der Waals surface area (Å²) < 4.78 is 0. The van der Waals surface area contributed by atoms with E-state index < -0.39 is 0 Å². The van der Waals surface area contributed by atoms with Crippen molar-refractivity contribution >= 4 is 0 Å². The summed E-state index contributed by atoms with van der Waals surface area (Å²) in [5.74, 6) is 0.770. The van der Waals surface area contributed by atoms with Gasteiger partial charge in [-0.15, -0.1) is 0 Å². The molecule has 1 heteroatoms. The van der Waals surface area contributed by atoms with Gasteiger partial charge in [0.05, 0.1) is 0 Å². The van der Waals surface area contributed by atoms with E-state index in [1.54, 1.807) is 0 Å². The first-order chi connectivity index (χ1) is 8.99. The molecule has 0 aliphatic carbocycles. The van der Waals surface area contributed by atoms with E-state index >= 15 is 0 Å². The van der Waals surface area contributed by atoms with Crippen molar-refractivity contribution in [2.75, 3.05) is 13.1 Å². The van der Waals surface area contributed by atoms with Crippen molar-refractivity contribution in [2.45, 2.75) is 40.7 Å². The van der Waals surface area contributed by atoms with E-state index in [1.165, 1.54) is 30.6 Å². The number of hydrogen-bond acceptors (Lipinski definition) is 1. The Morgan fingerprint density at radius 3 is 2.63 bits per heavy atom. The average Bonchev–Trinajstić information content (AvgIpc) is 2.64. The molecule has 0 aromatic heterocycles. The van der Waals surface area contributed by atoms with Gasteiger partial charge < -0.3 is 0 Å². The van der Waals surface area contributed by atoms with E-state index in [2.05, 4.69) is 69.0 Å². The van der Waals surface area contributed by atoms with Crippen molar-refractivity contribution < 1.29 is 0 Å². The minimum absolute atomic E-state index is 0.437. The molecule has 104 valence electrons. The van der Waals surface area contributed by atoms with Crippen molar-refractivity contribution in [1.29, 1.82) is 0 Å². The fraction of sp³-hybridized carbons (Fsp3) is 0.556. The molecule has 2 atom stereocenters. The predicted octanol–water partition coefficient (Wildman–Crippen LogP) is 4.50. The maximum atomic E-state index is 2.61.